The molecule has 0 atom stereocenters. The van der Waals surface area contributed by atoms with Gasteiger partial charge in [-0.25, -0.2) is 4.98 Å². The van der Waals surface area contributed by atoms with E-state index in [1.807, 2.05) is 0 Å². The fraction of sp³-hybridized carbons (Fsp3) is 0.333. The summed E-state index contributed by atoms with van der Waals surface area (Å²) >= 11 is 0. The Hall–Kier alpha value is -1.78. The average Bonchev–Trinajstić information content (AvgIpc) is 2.17. The quantitative estimate of drug-likeness (QED) is 0.718. The summed E-state index contributed by atoms with van der Waals surface area (Å²) in [5, 5.41) is 2.62. The lowest BCUT2D eigenvalue weighted by Crippen LogP contribution is -2.17. The number of hydrogen-bond donors (Lipinski definition) is 1. The van der Waals surface area contributed by atoms with Gasteiger partial charge in [-0.05, 0) is 0 Å². The Bertz CT molecular complexity index is 365. The van der Waals surface area contributed by atoms with E-state index >= 15 is 0 Å². The first kappa shape index (κ1) is 8.80. The second kappa shape index (κ2) is 3.53. The molecule has 2 rings (SSSR count). The summed E-state index contributed by atoms with van der Waals surface area (Å²) in [6.45, 7) is 2.47. The van der Waals surface area contributed by atoms with Gasteiger partial charge < -0.3 is 14.8 Å². The van der Waals surface area contributed by atoms with Gasteiger partial charge in [0, 0.05) is 13.0 Å². The summed E-state index contributed by atoms with van der Waals surface area (Å²) in [6, 6.07) is 1.70. The second-order valence-corrected chi connectivity index (χ2v) is 2.91. The van der Waals surface area contributed by atoms with Crippen molar-refractivity contribution >= 4 is 11.6 Å². The molecule has 0 fully saturated rings. The maximum absolute atomic E-state index is 10.8. The third-order valence-corrected chi connectivity index (χ3v) is 1.72. The smallest absolute Gasteiger partial charge is 0.257 e. The van der Waals surface area contributed by atoms with Gasteiger partial charge in [0.2, 0.25) is 5.91 Å². The molecule has 1 N–H and O–H groups in total. The third kappa shape index (κ3) is 1.76. The Kier molecular flexibility index (Phi) is 2.22. The first-order valence-corrected chi connectivity index (χ1v) is 4.29. The van der Waals surface area contributed by atoms with Crippen molar-refractivity contribution in [2.75, 3.05) is 18.5 Å². The zero-order valence-electron chi connectivity index (χ0n) is 7.74. The van der Waals surface area contributed by atoms with E-state index in [9.17, 15) is 4.79 Å². The lowest BCUT2D eigenvalue weighted by molar-refractivity contribution is -0.114. The molecule has 0 bridgehead atoms. The highest BCUT2D eigenvalue weighted by molar-refractivity contribution is 5.88. The van der Waals surface area contributed by atoms with Crippen molar-refractivity contribution in [1.29, 1.82) is 0 Å². The van der Waals surface area contributed by atoms with Gasteiger partial charge in [-0.2, -0.15) is 0 Å². The number of pyridine rings is 1. The number of ether oxygens (including phenoxy) is 2. The molecule has 1 amide bonds. The van der Waals surface area contributed by atoms with E-state index in [-0.39, 0.29) is 5.91 Å². The molecule has 0 saturated carbocycles. The minimum absolute atomic E-state index is 0.136. The fourth-order valence-electron chi connectivity index (χ4n) is 1.21. The number of nitrogens with one attached hydrogen (secondary N) is 1. The van der Waals surface area contributed by atoms with Crippen molar-refractivity contribution < 1.29 is 14.3 Å². The van der Waals surface area contributed by atoms with Crippen LogP contribution >= 0.6 is 0 Å². The van der Waals surface area contributed by atoms with Gasteiger partial charge in [-0.15, -0.1) is 0 Å². The Morgan fingerprint density at radius 2 is 2.29 bits per heavy atom. The lowest BCUT2D eigenvalue weighted by atomic mass is 10.3. The molecule has 0 saturated heterocycles. The highest BCUT2D eigenvalue weighted by Crippen LogP contribution is 2.29. The zero-order valence-corrected chi connectivity index (χ0v) is 7.74. The average molecular weight is 194 g/mol. The number of nitrogens with zero attached hydrogens (tertiary/aromatic N) is 1. The van der Waals surface area contributed by atoms with Gasteiger partial charge in [0.25, 0.3) is 5.88 Å². The van der Waals surface area contributed by atoms with Crippen LogP contribution in [0.4, 0.5) is 5.69 Å². The highest BCUT2D eigenvalue weighted by Gasteiger charge is 2.13. The molecule has 5 heteroatoms. The number of aromatic nitrogens is 1. The van der Waals surface area contributed by atoms with Crippen LogP contribution in [0.5, 0.6) is 11.6 Å². The highest BCUT2D eigenvalue weighted by atomic mass is 16.6. The fourth-order valence-corrected chi connectivity index (χ4v) is 1.21. The Balaban J connectivity index is 2.24. The molecule has 0 spiro atoms. The first-order chi connectivity index (χ1) is 6.75. The molecule has 0 unspecified atom stereocenters. The van der Waals surface area contributed by atoms with Gasteiger partial charge in [0.15, 0.2) is 5.75 Å². The molecule has 0 aliphatic carbocycles. The van der Waals surface area contributed by atoms with Crippen LogP contribution in [0.25, 0.3) is 0 Å². The maximum atomic E-state index is 10.8. The SMILES string of the molecule is CC(=O)Nc1cnc2c(c1)OCCO2. The Morgan fingerprint density at radius 1 is 1.50 bits per heavy atom. The molecule has 1 aromatic heterocycles. The van der Waals surface area contributed by atoms with Crippen LogP contribution < -0.4 is 14.8 Å². The van der Waals surface area contributed by atoms with Crippen LogP contribution in [0, 0.1) is 0 Å². The van der Waals surface area contributed by atoms with Crippen molar-refractivity contribution in [1.82, 2.24) is 4.98 Å². The van der Waals surface area contributed by atoms with E-state index in [1.54, 1.807) is 6.07 Å². The van der Waals surface area contributed by atoms with Gasteiger partial charge in [-0.3, -0.25) is 4.79 Å². The van der Waals surface area contributed by atoms with Crippen LogP contribution in [0.15, 0.2) is 12.3 Å². The number of rotatable bonds is 1. The number of hydrogen-bond acceptors (Lipinski definition) is 4. The zero-order chi connectivity index (χ0) is 9.97. The molecule has 74 valence electrons. The van der Waals surface area contributed by atoms with Crippen LogP contribution in [0.2, 0.25) is 0 Å². The van der Waals surface area contributed by atoms with E-state index in [2.05, 4.69) is 10.3 Å². The van der Waals surface area contributed by atoms with Gasteiger partial charge >= 0.3 is 0 Å². The molecular weight excluding hydrogens is 184 g/mol. The van der Waals surface area contributed by atoms with Crippen LogP contribution in [0.3, 0.4) is 0 Å². The molecule has 1 aliphatic heterocycles. The molecule has 1 aromatic rings. The van der Waals surface area contributed by atoms with E-state index in [1.165, 1.54) is 13.1 Å². The normalized spacial score (nSPS) is 13.5. The number of amides is 1. The predicted octanol–water partition coefficient (Wildman–Crippen LogP) is 0.811. The Labute approximate surface area is 81.0 Å². The molecule has 0 aromatic carbocycles. The minimum Gasteiger partial charge on any atom is -0.484 e. The summed E-state index contributed by atoms with van der Waals surface area (Å²) in [5.74, 6) is 0.913. The number of fused-ring (bicyclic) bond motifs is 1. The summed E-state index contributed by atoms with van der Waals surface area (Å²) in [5.41, 5.74) is 0.613. The van der Waals surface area contributed by atoms with Gasteiger partial charge in [0.05, 0.1) is 11.9 Å². The van der Waals surface area contributed by atoms with Gasteiger partial charge in [0.1, 0.15) is 13.2 Å². The number of carbonyl (C=O) groups is 1. The van der Waals surface area contributed by atoms with Gasteiger partial charge in [-0.1, -0.05) is 0 Å². The van der Waals surface area contributed by atoms with Crippen molar-refractivity contribution in [3.8, 4) is 11.6 Å². The summed E-state index contributed by atoms with van der Waals surface area (Å²) in [7, 11) is 0. The first-order valence-electron chi connectivity index (χ1n) is 4.29. The second-order valence-electron chi connectivity index (χ2n) is 2.91. The largest absolute Gasteiger partial charge is 0.484 e. The van der Waals surface area contributed by atoms with Crippen molar-refractivity contribution in [3.63, 3.8) is 0 Å². The lowest BCUT2D eigenvalue weighted by Gasteiger charge is -2.17. The number of carbonyl (C=O) groups excluding carboxylic acids is 1. The minimum atomic E-state index is -0.136. The topological polar surface area (TPSA) is 60.5 Å². The third-order valence-electron chi connectivity index (χ3n) is 1.72. The van der Waals surface area contributed by atoms with E-state index in [0.717, 1.165) is 0 Å². The van der Waals surface area contributed by atoms with E-state index in [4.69, 9.17) is 9.47 Å². The van der Waals surface area contributed by atoms with E-state index in [0.29, 0.717) is 30.5 Å². The van der Waals surface area contributed by atoms with Crippen molar-refractivity contribution in [3.05, 3.63) is 12.3 Å². The van der Waals surface area contributed by atoms with E-state index < -0.39 is 0 Å². The molecule has 2 heterocycles. The molecule has 5 nitrogen and oxygen atoms in total. The maximum Gasteiger partial charge on any atom is 0.257 e. The monoisotopic (exact) mass is 194 g/mol. The summed E-state index contributed by atoms with van der Waals surface area (Å²) in [6.07, 6.45) is 1.54. The van der Waals surface area contributed by atoms with Crippen LogP contribution in [-0.2, 0) is 4.79 Å². The number of anilines is 1. The molecule has 1 aliphatic rings. The summed E-state index contributed by atoms with van der Waals surface area (Å²) in [4.78, 5) is 14.8. The van der Waals surface area contributed by atoms with Crippen LogP contribution in [0.1, 0.15) is 6.92 Å². The Morgan fingerprint density at radius 3 is 3.07 bits per heavy atom. The predicted molar refractivity (Wildman–Crippen MR) is 49.5 cm³/mol. The molecule has 14 heavy (non-hydrogen) atoms. The standard InChI is InChI=1S/C9H10N2O3/c1-6(12)11-7-4-8-9(10-5-7)14-3-2-13-8/h4-5H,2-3H2,1H3,(H,11,12). The van der Waals surface area contributed by atoms with Crippen molar-refractivity contribution in [2.24, 2.45) is 0 Å². The molecular formula is C9H10N2O3. The summed E-state index contributed by atoms with van der Waals surface area (Å²) < 4.78 is 10.5. The molecule has 0 radical (unpaired) electrons. The van der Waals surface area contributed by atoms with Crippen molar-refractivity contribution in [2.45, 2.75) is 6.92 Å². The van der Waals surface area contributed by atoms with Crippen LogP contribution in [-0.4, -0.2) is 24.1 Å².